The molecular weight excluding hydrogens is 238 g/mol. The maximum atomic E-state index is 5.63. The summed E-state index contributed by atoms with van der Waals surface area (Å²) in [7, 11) is 0. The molecule has 0 bridgehead atoms. The Morgan fingerprint density at radius 1 is 1.21 bits per heavy atom. The molecule has 0 fully saturated rings. The molecule has 0 spiro atoms. The van der Waals surface area contributed by atoms with E-state index < -0.39 is 0 Å². The lowest BCUT2D eigenvalue weighted by molar-refractivity contribution is 0.317. The van der Waals surface area contributed by atoms with Crippen molar-refractivity contribution in [1.82, 2.24) is 15.0 Å². The number of ether oxygens (including phenoxy) is 1. The third-order valence-electron chi connectivity index (χ3n) is 2.84. The summed E-state index contributed by atoms with van der Waals surface area (Å²) in [6.45, 7) is 2.82. The van der Waals surface area contributed by atoms with Crippen LogP contribution in [0.1, 0.15) is 13.3 Å². The summed E-state index contributed by atoms with van der Waals surface area (Å²) in [6.07, 6.45) is 2.74. The lowest BCUT2D eigenvalue weighted by Crippen LogP contribution is -1.94. The Balaban J connectivity index is 1.96. The number of imidazole rings is 1. The van der Waals surface area contributed by atoms with Gasteiger partial charge in [-0.2, -0.15) is 0 Å². The van der Waals surface area contributed by atoms with Gasteiger partial charge >= 0.3 is 0 Å². The topological polar surface area (TPSA) is 50.8 Å². The number of rotatable bonds is 4. The number of nitrogens with one attached hydrogen (secondary N) is 1. The second-order valence-corrected chi connectivity index (χ2v) is 4.34. The van der Waals surface area contributed by atoms with Crippen molar-refractivity contribution in [3.8, 4) is 17.1 Å². The fraction of sp³-hybridized carbons (Fsp3) is 0.200. The predicted molar refractivity (Wildman–Crippen MR) is 75.1 cm³/mol. The Morgan fingerprint density at radius 3 is 3.00 bits per heavy atom. The van der Waals surface area contributed by atoms with Crippen molar-refractivity contribution in [3.63, 3.8) is 0 Å². The van der Waals surface area contributed by atoms with Crippen molar-refractivity contribution in [2.75, 3.05) is 6.61 Å². The summed E-state index contributed by atoms with van der Waals surface area (Å²) in [5.41, 5.74) is 2.68. The molecule has 1 N–H and O–H groups in total. The molecule has 96 valence electrons. The van der Waals surface area contributed by atoms with Gasteiger partial charge < -0.3 is 9.72 Å². The van der Waals surface area contributed by atoms with Crippen molar-refractivity contribution in [2.24, 2.45) is 0 Å². The number of benzene rings is 1. The van der Waals surface area contributed by atoms with Crippen LogP contribution in [0, 0.1) is 0 Å². The van der Waals surface area contributed by atoms with E-state index in [-0.39, 0.29) is 0 Å². The molecule has 2 aromatic heterocycles. The van der Waals surface area contributed by atoms with Gasteiger partial charge in [-0.25, -0.2) is 9.97 Å². The SMILES string of the molecule is CCCOc1cccc(-c2nc3ncccc3[nH]2)c1. The van der Waals surface area contributed by atoms with Crippen molar-refractivity contribution < 1.29 is 4.74 Å². The van der Waals surface area contributed by atoms with Crippen LogP contribution in [-0.2, 0) is 0 Å². The summed E-state index contributed by atoms with van der Waals surface area (Å²) in [5, 5.41) is 0. The average molecular weight is 253 g/mol. The zero-order valence-electron chi connectivity index (χ0n) is 10.8. The Kier molecular flexibility index (Phi) is 3.14. The zero-order chi connectivity index (χ0) is 13.1. The molecule has 2 heterocycles. The number of pyridine rings is 1. The summed E-state index contributed by atoms with van der Waals surface area (Å²) >= 11 is 0. The van der Waals surface area contributed by atoms with Gasteiger partial charge in [0.2, 0.25) is 0 Å². The molecule has 0 unspecified atom stereocenters. The summed E-state index contributed by atoms with van der Waals surface area (Å²) in [5.74, 6) is 1.68. The average Bonchev–Trinajstić information content (AvgIpc) is 2.89. The van der Waals surface area contributed by atoms with Crippen molar-refractivity contribution in [1.29, 1.82) is 0 Å². The van der Waals surface area contributed by atoms with Crippen LogP contribution in [0.25, 0.3) is 22.6 Å². The van der Waals surface area contributed by atoms with Gasteiger partial charge in [0, 0.05) is 11.8 Å². The molecule has 3 rings (SSSR count). The number of nitrogens with zero attached hydrogens (tertiary/aromatic N) is 2. The molecule has 0 saturated heterocycles. The van der Waals surface area contributed by atoms with E-state index in [4.69, 9.17) is 4.74 Å². The van der Waals surface area contributed by atoms with Crippen LogP contribution >= 0.6 is 0 Å². The van der Waals surface area contributed by atoms with E-state index in [2.05, 4.69) is 21.9 Å². The van der Waals surface area contributed by atoms with Crippen LogP contribution in [0.2, 0.25) is 0 Å². The fourth-order valence-electron chi connectivity index (χ4n) is 1.93. The number of hydrogen-bond acceptors (Lipinski definition) is 3. The van der Waals surface area contributed by atoms with Gasteiger partial charge in [0.1, 0.15) is 11.6 Å². The van der Waals surface area contributed by atoms with E-state index in [1.54, 1.807) is 6.20 Å². The first-order valence-corrected chi connectivity index (χ1v) is 6.41. The van der Waals surface area contributed by atoms with Crippen molar-refractivity contribution in [3.05, 3.63) is 42.6 Å². The lowest BCUT2D eigenvalue weighted by Gasteiger charge is -2.05. The fourth-order valence-corrected chi connectivity index (χ4v) is 1.93. The van der Waals surface area contributed by atoms with Gasteiger partial charge in [-0.05, 0) is 30.7 Å². The number of aromatic nitrogens is 3. The first-order valence-electron chi connectivity index (χ1n) is 6.41. The van der Waals surface area contributed by atoms with Gasteiger partial charge in [0.05, 0.1) is 12.1 Å². The highest BCUT2D eigenvalue weighted by molar-refractivity contribution is 5.75. The monoisotopic (exact) mass is 253 g/mol. The molecule has 4 heteroatoms. The van der Waals surface area contributed by atoms with Gasteiger partial charge in [-0.1, -0.05) is 19.1 Å². The molecule has 0 amide bonds. The van der Waals surface area contributed by atoms with Crippen molar-refractivity contribution in [2.45, 2.75) is 13.3 Å². The zero-order valence-corrected chi connectivity index (χ0v) is 10.8. The number of aromatic amines is 1. The van der Waals surface area contributed by atoms with E-state index in [1.165, 1.54) is 0 Å². The maximum Gasteiger partial charge on any atom is 0.178 e. The Bertz CT molecular complexity index is 657. The third kappa shape index (κ3) is 2.42. The molecule has 0 radical (unpaired) electrons. The lowest BCUT2D eigenvalue weighted by atomic mass is 10.2. The normalized spacial score (nSPS) is 10.8. The molecule has 0 aliphatic heterocycles. The van der Waals surface area contributed by atoms with Crippen molar-refractivity contribution >= 4 is 11.2 Å². The molecule has 4 nitrogen and oxygen atoms in total. The van der Waals surface area contributed by atoms with Gasteiger partial charge in [-0.3, -0.25) is 0 Å². The Morgan fingerprint density at radius 2 is 2.16 bits per heavy atom. The predicted octanol–water partition coefficient (Wildman–Crippen LogP) is 3.41. The third-order valence-corrected chi connectivity index (χ3v) is 2.84. The van der Waals surface area contributed by atoms with Crippen LogP contribution in [-0.4, -0.2) is 21.6 Å². The summed E-state index contributed by atoms with van der Waals surface area (Å²) in [4.78, 5) is 12.0. The first-order chi connectivity index (χ1) is 9.36. The molecule has 0 aliphatic rings. The minimum absolute atomic E-state index is 0.727. The Labute approximate surface area is 111 Å². The van der Waals surface area contributed by atoms with Gasteiger partial charge in [0.25, 0.3) is 0 Å². The van der Waals surface area contributed by atoms with Crippen LogP contribution in [0.5, 0.6) is 5.75 Å². The molecule has 1 aromatic carbocycles. The maximum absolute atomic E-state index is 5.63. The molecule has 0 atom stereocenters. The quantitative estimate of drug-likeness (QED) is 0.775. The van der Waals surface area contributed by atoms with Gasteiger partial charge in [0.15, 0.2) is 5.65 Å². The number of hydrogen-bond donors (Lipinski definition) is 1. The van der Waals surface area contributed by atoms with Gasteiger partial charge in [-0.15, -0.1) is 0 Å². The molecule has 3 aromatic rings. The smallest absolute Gasteiger partial charge is 0.178 e. The highest BCUT2D eigenvalue weighted by Gasteiger charge is 2.06. The van der Waals surface area contributed by atoms with Crippen LogP contribution in [0.4, 0.5) is 0 Å². The van der Waals surface area contributed by atoms with E-state index in [0.29, 0.717) is 0 Å². The van der Waals surface area contributed by atoms with E-state index in [0.717, 1.165) is 41.3 Å². The minimum Gasteiger partial charge on any atom is -0.494 e. The number of H-pyrrole nitrogens is 1. The minimum atomic E-state index is 0.727. The highest BCUT2D eigenvalue weighted by atomic mass is 16.5. The summed E-state index contributed by atoms with van der Waals surface area (Å²) < 4.78 is 5.63. The second-order valence-electron chi connectivity index (χ2n) is 4.34. The molecular formula is C15H15N3O. The van der Waals surface area contributed by atoms with E-state index in [9.17, 15) is 0 Å². The largest absolute Gasteiger partial charge is 0.494 e. The van der Waals surface area contributed by atoms with Crippen LogP contribution in [0.3, 0.4) is 0 Å². The van der Waals surface area contributed by atoms with Crippen LogP contribution in [0.15, 0.2) is 42.6 Å². The molecule has 0 saturated carbocycles. The standard InChI is InChI=1S/C15H15N3O/c1-2-9-19-12-6-3-5-11(10-12)14-17-13-7-4-8-16-15(13)18-14/h3-8,10H,2,9H2,1H3,(H,16,17,18). The van der Waals surface area contributed by atoms with E-state index >= 15 is 0 Å². The molecule has 19 heavy (non-hydrogen) atoms. The summed E-state index contributed by atoms with van der Waals surface area (Å²) in [6, 6.07) is 11.8. The first kappa shape index (κ1) is 11.7. The number of fused-ring (bicyclic) bond motifs is 1. The van der Waals surface area contributed by atoms with Crippen LogP contribution < -0.4 is 4.74 Å². The van der Waals surface area contributed by atoms with E-state index in [1.807, 2.05) is 36.4 Å². The highest BCUT2D eigenvalue weighted by Crippen LogP contribution is 2.23. The Hall–Kier alpha value is -2.36. The second kappa shape index (κ2) is 5.10. The molecule has 0 aliphatic carbocycles.